The van der Waals surface area contributed by atoms with E-state index in [1.54, 1.807) is 13.2 Å². The Bertz CT molecular complexity index is 986. The number of halogens is 3. The summed E-state index contributed by atoms with van der Waals surface area (Å²) in [5.41, 5.74) is 0.427. The van der Waals surface area contributed by atoms with Gasteiger partial charge in [0.25, 0.3) is 5.91 Å². The second kappa shape index (κ2) is 7.92. The summed E-state index contributed by atoms with van der Waals surface area (Å²) >= 11 is 0. The van der Waals surface area contributed by atoms with E-state index in [4.69, 9.17) is 0 Å². The molecule has 0 aliphatic carbocycles. The lowest BCUT2D eigenvalue weighted by Crippen LogP contribution is -2.41. The number of nitrogens with zero attached hydrogens (tertiary/aromatic N) is 3. The molecule has 28 heavy (non-hydrogen) atoms. The first-order valence-electron chi connectivity index (χ1n) is 8.60. The van der Waals surface area contributed by atoms with Gasteiger partial charge in [-0.25, -0.2) is 21.6 Å². The SMILES string of the molecule is Cn1cc(C(=O)NCC2CCN(S(=O)(=O)c3cc(F)c(F)cc3F)CC2)cn1. The molecule has 2 heterocycles. The molecular weight excluding hydrogens is 397 g/mol. The zero-order valence-corrected chi connectivity index (χ0v) is 15.8. The van der Waals surface area contributed by atoms with Crippen molar-refractivity contribution in [2.45, 2.75) is 17.7 Å². The molecule has 1 N–H and O–H groups in total. The van der Waals surface area contributed by atoms with Gasteiger partial charge >= 0.3 is 0 Å². The van der Waals surface area contributed by atoms with Crippen LogP contribution in [0.15, 0.2) is 29.4 Å². The van der Waals surface area contributed by atoms with Gasteiger partial charge in [-0.2, -0.15) is 9.40 Å². The topological polar surface area (TPSA) is 84.3 Å². The highest BCUT2D eigenvalue weighted by Crippen LogP contribution is 2.26. The summed E-state index contributed by atoms with van der Waals surface area (Å²) in [7, 11) is -2.58. The quantitative estimate of drug-likeness (QED) is 0.752. The van der Waals surface area contributed by atoms with Gasteiger partial charge in [0.1, 0.15) is 10.7 Å². The highest BCUT2D eigenvalue weighted by molar-refractivity contribution is 7.89. The summed E-state index contributed by atoms with van der Waals surface area (Å²) in [6.45, 7) is 0.545. The van der Waals surface area contributed by atoms with Crippen LogP contribution in [0, 0.1) is 23.4 Å². The third kappa shape index (κ3) is 4.20. The zero-order chi connectivity index (χ0) is 20.5. The minimum Gasteiger partial charge on any atom is -0.352 e. The van der Waals surface area contributed by atoms with Crippen molar-refractivity contribution in [1.29, 1.82) is 0 Å². The lowest BCUT2D eigenvalue weighted by atomic mass is 9.98. The van der Waals surface area contributed by atoms with Crippen molar-refractivity contribution in [3.8, 4) is 0 Å². The molecule has 152 valence electrons. The zero-order valence-electron chi connectivity index (χ0n) is 15.0. The molecular formula is C17H19F3N4O3S. The van der Waals surface area contributed by atoms with Gasteiger partial charge in [-0.3, -0.25) is 9.48 Å². The number of rotatable bonds is 5. The molecule has 1 amide bonds. The molecule has 1 aliphatic rings. The van der Waals surface area contributed by atoms with Crippen LogP contribution in [0.25, 0.3) is 0 Å². The number of carbonyl (C=O) groups excluding carboxylic acids is 1. The molecule has 3 rings (SSSR count). The van der Waals surface area contributed by atoms with Gasteiger partial charge in [-0.1, -0.05) is 0 Å². The van der Waals surface area contributed by atoms with Crippen molar-refractivity contribution >= 4 is 15.9 Å². The van der Waals surface area contributed by atoms with Crippen molar-refractivity contribution in [1.82, 2.24) is 19.4 Å². The molecule has 0 atom stereocenters. The Labute approximate surface area is 160 Å². The first-order chi connectivity index (χ1) is 13.2. The normalized spacial score (nSPS) is 16.3. The Morgan fingerprint density at radius 1 is 1.18 bits per heavy atom. The van der Waals surface area contributed by atoms with E-state index in [-0.39, 0.29) is 31.0 Å². The van der Waals surface area contributed by atoms with Crippen LogP contribution in [0.5, 0.6) is 0 Å². The summed E-state index contributed by atoms with van der Waals surface area (Å²) in [6, 6.07) is 0.586. The van der Waals surface area contributed by atoms with Gasteiger partial charge in [0, 0.05) is 38.9 Å². The second-order valence-electron chi connectivity index (χ2n) is 6.66. The predicted octanol–water partition coefficient (Wildman–Crippen LogP) is 1.67. The Hall–Kier alpha value is -2.40. The fourth-order valence-corrected chi connectivity index (χ4v) is 4.60. The van der Waals surface area contributed by atoms with Gasteiger partial charge in [-0.15, -0.1) is 0 Å². The molecule has 1 fully saturated rings. The molecule has 0 saturated carbocycles. The maximum atomic E-state index is 13.9. The Morgan fingerprint density at radius 3 is 2.43 bits per heavy atom. The fraction of sp³-hybridized carbons (Fsp3) is 0.412. The van der Waals surface area contributed by atoms with Crippen LogP contribution in [-0.4, -0.2) is 48.0 Å². The number of aryl methyl sites for hydroxylation is 1. The molecule has 11 heteroatoms. The maximum absolute atomic E-state index is 13.9. The van der Waals surface area contributed by atoms with Crippen LogP contribution in [0.4, 0.5) is 13.2 Å². The van der Waals surface area contributed by atoms with E-state index >= 15 is 0 Å². The third-order valence-electron chi connectivity index (χ3n) is 4.68. The lowest BCUT2D eigenvalue weighted by molar-refractivity contribution is 0.0941. The first-order valence-corrected chi connectivity index (χ1v) is 10.0. The fourth-order valence-electron chi connectivity index (χ4n) is 3.07. The number of sulfonamides is 1. The number of aromatic nitrogens is 2. The minimum absolute atomic E-state index is 0.0434. The summed E-state index contributed by atoms with van der Waals surface area (Å²) in [5.74, 6) is -4.42. The van der Waals surface area contributed by atoms with Crippen molar-refractivity contribution in [3.05, 3.63) is 47.5 Å². The summed E-state index contributed by atoms with van der Waals surface area (Å²) in [6.07, 6.45) is 3.91. The standard InChI is InChI=1S/C17H19F3N4O3S/c1-23-10-12(9-22-23)17(25)21-8-11-2-4-24(5-3-11)28(26,27)16-7-14(19)13(18)6-15(16)20/h6-7,9-11H,2-5,8H2,1H3,(H,21,25). The molecule has 0 bridgehead atoms. The second-order valence-corrected chi connectivity index (χ2v) is 8.56. The number of carbonyl (C=O) groups is 1. The van der Waals surface area contributed by atoms with E-state index in [1.165, 1.54) is 10.9 Å². The van der Waals surface area contributed by atoms with Crippen molar-refractivity contribution in [2.75, 3.05) is 19.6 Å². The molecule has 1 saturated heterocycles. The van der Waals surface area contributed by atoms with Crippen LogP contribution in [-0.2, 0) is 17.1 Å². The largest absolute Gasteiger partial charge is 0.352 e. The predicted molar refractivity (Wildman–Crippen MR) is 93.3 cm³/mol. The van der Waals surface area contributed by atoms with Crippen LogP contribution >= 0.6 is 0 Å². The highest BCUT2D eigenvalue weighted by Gasteiger charge is 2.32. The average Bonchev–Trinajstić information content (AvgIpc) is 3.09. The average molecular weight is 416 g/mol. The molecule has 7 nitrogen and oxygen atoms in total. The van der Waals surface area contributed by atoms with Gasteiger partial charge < -0.3 is 5.32 Å². The van der Waals surface area contributed by atoms with E-state index in [1.807, 2.05) is 0 Å². The van der Waals surface area contributed by atoms with E-state index in [0.29, 0.717) is 31.0 Å². The van der Waals surface area contributed by atoms with Crippen LogP contribution in [0.3, 0.4) is 0 Å². The first kappa shape index (κ1) is 20.3. The molecule has 0 spiro atoms. The molecule has 0 radical (unpaired) electrons. The highest BCUT2D eigenvalue weighted by atomic mass is 32.2. The molecule has 1 aliphatic heterocycles. The van der Waals surface area contributed by atoms with Crippen molar-refractivity contribution < 1.29 is 26.4 Å². The van der Waals surface area contributed by atoms with E-state index < -0.39 is 32.4 Å². The Morgan fingerprint density at radius 2 is 1.82 bits per heavy atom. The molecule has 2 aromatic rings. The Kier molecular flexibility index (Phi) is 5.75. The van der Waals surface area contributed by atoms with Crippen LogP contribution in [0.2, 0.25) is 0 Å². The number of amides is 1. The number of hydrogen-bond donors (Lipinski definition) is 1. The number of piperidine rings is 1. The summed E-state index contributed by atoms with van der Waals surface area (Å²) < 4.78 is 67.9. The number of hydrogen-bond acceptors (Lipinski definition) is 4. The molecule has 1 aromatic carbocycles. The van der Waals surface area contributed by atoms with Gasteiger partial charge in [0.2, 0.25) is 10.0 Å². The monoisotopic (exact) mass is 416 g/mol. The molecule has 0 unspecified atom stereocenters. The van der Waals surface area contributed by atoms with E-state index in [2.05, 4.69) is 10.4 Å². The van der Waals surface area contributed by atoms with E-state index in [9.17, 15) is 26.4 Å². The van der Waals surface area contributed by atoms with Gasteiger partial charge in [0.05, 0.1) is 11.8 Å². The smallest absolute Gasteiger partial charge is 0.254 e. The van der Waals surface area contributed by atoms with Crippen molar-refractivity contribution in [2.24, 2.45) is 13.0 Å². The minimum atomic E-state index is -4.27. The van der Waals surface area contributed by atoms with Crippen LogP contribution < -0.4 is 5.32 Å². The third-order valence-corrected chi connectivity index (χ3v) is 6.60. The number of nitrogens with one attached hydrogen (secondary N) is 1. The van der Waals surface area contributed by atoms with E-state index in [0.717, 1.165) is 4.31 Å². The van der Waals surface area contributed by atoms with Crippen molar-refractivity contribution in [3.63, 3.8) is 0 Å². The maximum Gasteiger partial charge on any atom is 0.254 e. The molecule has 1 aromatic heterocycles. The van der Waals surface area contributed by atoms with Gasteiger partial charge in [0.15, 0.2) is 11.6 Å². The summed E-state index contributed by atoms with van der Waals surface area (Å²) in [4.78, 5) is 11.1. The summed E-state index contributed by atoms with van der Waals surface area (Å²) in [5, 5.41) is 6.70. The Balaban J connectivity index is 1.59. The van der Waals surface area contributed by atoms with Crippen LogP contribution in [0.1, 0.15) is 23.2 Å². The lowest BCUT2D eigenvalue weighted by Gasteiger charge is -2.31. The number of benzene rings is 1. The van der Waals surface area contributed by atoms with Gasteiger partial charge in [-0.05, 0) is 24.8 Å².